The first-order chi connectivity index (χ1) is 14.9. The van der Waals surface area contributed by atoms with Gasteiger partial charge in [-0.25, -0.2) is 4.98 Å². The number of carbonyl (C=O) groups excluding carboxylic acids is 2. The molecule has 0 aliphatic heterocycles. The van der Waals surface area contributed by atoms with Gasteiger partial charge in [0.05, 0.1) is 13.2 Å². The third kappa shape index (κ3) is 7.10. The second-order valence-corrected chi connectivity index (χ2v) is 7.38. The molecule has 0 bridgehead atoms. The summed E-state index contributed by atoms with van der Waals surface area (Å²) in [6, 6.07) is 5.36. The molecule has 174 valence electrons. The maximum absolute atomic E-state index is 12.7. The lowest BCUT2D eigenvalue weighted by Gasteiger charge is -2.17. The van der Waals surface area contributed by atoms with Gasteiger partial charge < -0.3 is 20.1 Å². The van der Waals surface area contributed by atoms with Crippen LogP contribution in [0.25, 0.3) is 0 Å². The normalized spacial score (nSPS) is 12.3. The Kier molecular flexibility index (Phi) is 8.01. The standard InChI is InChI=1S/C21H25F3N4O4/c1-11(2)18(29)27-16-9-14(8-12(3)25-16)13(4)26-19(30)15-6-7-17(28-20(15)31-5)32-10-21(22,23)24/h6-9,11,13H,10H2,1-5H3,(H,26,30)(H,25,27,29). The fourth-order valence-electron chi connectivity index (χ4n) is 2.63. The molecule has 11 heteroatoms. The van der Waals surface area contributed by atoms with Gasteiger partial charge in [0, 0.05) is 17.7 Å². The summed E-state index contributed by atoms with van der Waals surface area (Å²) in [4.78, 5) is 32.8. The molecule has 2 heterocycles. The summed E-state index contributed by atoms with van der Waals surface area (Å²) < 4.78 is 46.6. The number of halogens is 3. The van der Waals surface area contributed by atoms with Crippen molar-refractivity contribution in [2.24, 2.45) is 5.92 Å². The number of rotatable bonds is 8. The minimum Gasteiger partial charge on any atom is -0.480 e. The van der Waals surface area contributed by atoms with Crippen LogP contribution in [-0.4, -0.2) is 41.7 Å². The van der Waals surface area contributed by atoms with Crippen molar-refractivity contribution >= 4 is 17.6 Å². The fourth-order valence-corrected chi connectivity index (χ4v) is 2.63. The SMILES string of the molecule is COc1nc(OCC(F)(F)F)ccc1C(=O)NC(C)c1cc(C)nc(NC(=O)C(C)C)c1. The fraction of sp³-hybridized carbons (Fsp3) is 0.429. The van der Waals surface area contributed by atoms with Crippen LogP contribution in [0.5, 0.6) is 11.8 Å². The van der Waals surface area contributed by atoms with Crippen molar-refractivity contribution in [3.8, 4) is 11.8 Å². The average molecular weight is 454 g/mol. The number of ether oxygens (including phenoxy) is 2. The van der Waals surface area contributed by atoms with E-state index in [0.717, 1.165) is 6.07 Å². The Balaban J connectivity index is 2.16. The van der Waals surface area contributed by atoms with Crippen molar-refractivity contribution in [1.82, 2.24) is 15.3 Å². The highest BCUT2D eigenvalue weighted by atomic mass is 19.4. The Morgan fingerprint density at radius 1 is 1.12 bits per heavy atom. The number of aryl methyl sites for hydroxylation is 1. The molecule has 0 aliphatic rings. The number of hydrogen-bond donors (Lipinski definition) is 2. The number of carbonyl (C=O) groups is 2. The van der Waals surface area contributed by atoms with Gasteiger partial charge in [-0.1, -0.05) is 13.8 Å². The lowest BCUT2D eigenvalue weighted by molar-refractivity contribution is -0.154. The monoisotopic (exact) mass is 454 g/mol. The summed E-state index contributed by atoms with van der Waals surface area (Å²) in [7, 11) is 1.24. The number of aromatic nitrogens is 2. The van der Waals surface area contributed by atoms with Crippen molar-refractivity contribution in [2.45, 2.75) is 39.9 Å². The van der Waals surface area contributed by atoms with E-state index in [1.807, 2.05) is 0 Å². The van der Waals surface area contributed by atoms with Gasteiger partial charge in [-0.05, 0) is 37.6 Å². The molecule has 2 aromatic heterocycles. The Hall–Kier alpha value is -3.37. The summed E-state index contributed by atoms with van der Waals surface area (Å²) in [6.45, 7) is 5.51. The maximum Gasteiger partial charge on any atom is 0.422 e. The summed E-state index contributed by atoms with van der Waals surface area (Å²) in [6.07, 6.45) is -4.52. The van der Waals surface area contributed by atoms with Gasteiger partial charge >= 0.3 is 6.18 Å². The van der Waals surface area contributed by atoms with E-state index in [2.05, 4.69) is 25.3 Å². The van der Waals surface area contributed by atoms with Crippen molar-refractivity contribution in [1.29, 1.82) is 0 Å². The van der Waals surface area contributed by atoms with Crippen LogP contribution in [0.15, 0.2) is 24.3 Å². The van der Waals surface area contributed by atoms with Gasteiger partial charge in [0.1, 0.15) is 11.4 Å². The highest BCUT2D eigenvalue weighted by Gasteiger charge is 2.29. The Morgan fingerprint density at radius 2 is 1.81 bits per heavy atom. The molecular weight excluding hydrogens is 429 g/mol. The van der Waals surface area contributed by atoms with Crippen molar-refractivity contribution in [3.63, 3.8) is 0 Å². The average Bonchev–Trinajstić information content (AvgIpc) is 2.70. The molecule has 1 atom stereocenters. The molecule has 2 N–H and O–H groups in total. The predicted octanol–water partition coefficient (Wildman–Crippen LogP) is 3.82. The van der Waals surface area contributed by atoms with E-state index >= 15 is 0 Å². The summed E-state index contributed by atoms with van der Waals surface area (Å²) in [5.41, 5.74) is 1.37. The van der Waals surface area contributed by atoms with Gasteiger partial charge in [0.25, 0.3) is 5.91 Å². The van der Waals surface area contributed by atoms with Gasteiger partial charge in [-0.2, -0.15) is 18.2 Å². The number of hydrogen-bond acceptors (Lipinski definition) is 6. The highest BCUT2D eigenvalue weighted by molar-refractivity contribution is 5.96. The third-order valence-corrected chi connectivity index (χ3v) is 4.26. The number of nitrogens with zero attached hydrogens (tertiary/aromatic N) is 2. The smallest absolute Gasteiger partial charge is 0.422 e. The quantitative estimate of drug-likeness (QED) is 0.629. The number of amides is 2. The van der Waals surface area contributed by atoms with Crippen LogP contribution >= 0.6 is 0 Å². The largest absolute Gasteiger partial charge is 0.480 e. The molecule has 0 spiro atoms. The summed E-state index contributed by atoms with van der Waals surface area (Å²) in [5, 5.41) is 5.50. The van der Waals surface area contributed by atoms with Crippen LogP contribution in [0.3, 0.4) is 0 Å². The molecule has 2 rings (SSSR count). The lowest BCUT2D eigenvalue weighted by atomic mass is 10.1. The molecule has 0 saturated carbocycles. The van der Waals surface area contributed by atoms with E-state index in [0.29, 0.717) is 17.1 Å². The van der Waals surface area contributed by atoms with Crippen LogP contribution in [-0.2, 0) is 4.79 Å². The first-order valence-corrected chi connectivity index (χ1v) is 9.74. The van der Waals surface area contributed by atoms with Crippen LogP contribution < -0.4 is 20.1 Å². The number of nitrogens with one attached hydrogen (secondary N) is 2. The zero-order valence-electron chi connectivity index (χ0n) is 18.3. The molecule has 0 aromatic carbocycles. The van der Waals surface area contributed by atoms with Crippen molar-refractivity contribution < 1.29 is 32.2 Å². The number of alkyl halides is 3. The van der Waals surface area contributed by atoms with E-state index in [1.165, 1.54) is 13.2 Å². The van der Waals surface area contributed by atoms with Crippen LogP contribution in [0.2, 0.25) is 0 Å². The predicted molar refractivity (Wildman–Crippen MR) is 111 cm³/mol. The Morgan fingerprint density at radius 3 is 2.41 bits per heavy atom. The van der Waals surface area contributed by atoms with Gasteiger partial charge in [-0.15, -0.1) is 0 Å². The van der Waals surface area contributed by atoms with Crippen molar-refractivity contribution in [2.75, 3.05) is 19.0 Å². The Bertz CT molecular complexity index is 980. The number of pyridine rings is 2. The molecule has 1 unspecified atom stereocenters. The molecule has 0 saturated heterocycles. The molecule has 2 amide bonds. The van der Waals surface area contributed by atoms with E-state index in [9.17, 15) is 22.8 Å². The van der Waals surface area contributed by atoms with E-state index in [1.54, 1.807) is 39.8 Å². The van der Waals surface area contributed by atoms with E-state index < -0.39 is 24.7 Å². The van der Waals surface area contributed by atoms with Crippen molar-refractivity contribution in [3.05, 3.63) is 41.1 Å². The zero-order chi connectivity index (χ0) is 24.1. The molecule has 0 fully saturated rings. The van der Waals surface area contributed by atoms with Gasteiger partial charge in [0.15, 0.2) is 6.61 Å². The summed E-state index contributed by atoms with van der Waals surface area (Å²) in [5.74, 6) is -1.09. The first-order valence-electron chi connectivity index (χ1n) is 9.74. The number of anilines is 1. The van der Waals surface area contributed by atoms with Gasteiger partial charge in [0.2, 0.25) is 17.7 Å². The summed E-state index contributed by atoms with van der Waals surface area (Å²) >= 11 is 0. The highest BCUT2D eigenvalue weighted by Crippen LogP contribution is 2.24. The molecule has 2 aromatic rings. The molecule has 0 aliphatic carbocycles. The third-order valence-electron chi connectivity index (χ3n) is 4.26. The second-order valence-electron chi connectivity index (χ2n) is 7.38. The molecular formula is C21H25F3N4O4. The molecule has 0 radical (unpaired) electrons. The topological polar surface area (TPSA) is 102 Å². The van der Waals surface area contributed by atoms with Gasteiger partial charge in [-0.3, -0.25) is 9.59 Å². The zero-order valence-corrected chi connectivity index (χ0v) is 18.3. The Labute approximate surface area is 183 Å². The number of methoxy groups -OCH3 is 1. The maximum atomic E-state index is 12.7. The van der Waals surface area contributed by atoms with E-state index in [-0.39, 0.29) is 29.1 Å². The molecule has 8 nitrogen and oxygen atoms in total. The second kappa shape index (κ2) is 10.3. The minimum absolute atomic E-state index is 0.0258. The molecule has 32 heavy (non-hydrogen) atoms. The van der Waals surface area contributed by atoms with Crippen LogP contribution in [0, 0.1) is 12.8 Å². The minimum atomic E-state index is -4.52. The lowest BCUT2D eigenvalue weighted by Crippen LogP contribution is -2.28. The first kappa shape index (κ1) is 24.9. The van der Waals surface area contributed by atoms with Crippen LogP contribution in [0.1, 0.15) is 48.4 Å². The van der Waals surface area contributed by atoms with Crippen LogP contribution in [0.4, 0.5) is 19.0 Å². The van der Waals surface area contributed by atoms with E-state index in [4.69, 9.17) is 4.74 Å².